The molecule has 0 spiro atoms. The normalized spacial score (nSPS) is 13.7. The summed E-state index contributed by atoms with van der Waals surface area (Å²) in [7, 11) is 1.56. The first kappa shape index (κ1) is 26.0. The molecule has 2 aromatic carbocycles. The molecular formula is C26H28FN5O5. The van der Waals surface area contributed by atoms with Gasteiger partial charge in [0.05, 0.1) is 32.4 Å². The monoisotopic (exact) mass is 509 g/mol. The Labute approximate surface area is 213 Å². The molecule has 10 nitrogen and oxygen atoms in total. The number of carbonyl (C=O) groups is 2. The fourth-order valence-electron chi connectivity index (χ4n) is 3.81. The van der Waals surface area contributed by atoms with Crippen LogP contribution in [0.1, 0.15) is 26.4 Å². The van der Waals surface area contributed by atoms with Gasteiger partial charge in [-0.15, -0.1) is 0 Å². The average Bonchev–Trinajstić information content (AvgIpc) is 2.92. The summed E-state index contributed by atoms with van der Waals surface area (Å²) in [6.07, 6.45) is 0. The van der Waals surface area contributed by atoms with Crippen LogP contribution in [0.25, 0.3) is 0 Å². The van der Waals surface area contributed by atoms with Crippen molar-refractivity contribution < 1.29 is 23.5 Å². The van der Waals surface area contributed by atoms with Gasteiger partial charge in [0, 0.05) is 37.9 Å². The minimum atomic E-state index is -0.701. The van der Waals surface area contributed by atoms with Crippen LogP contribution >= 0.6 is 0 Å². The molecule has 37 heavy (non-hydrogen) atoms. The van der Waals surface area contributed by atoms with E-state index in [-0.39, 0.29) is 29.0 Å². The Morgan fingerprint density at radius 2 is 1.81 bits per heavy atom. The summed E-state index contributed by atoms with van der Waals surface area (Å²) in [6.45, 7) is 4.02. The second-order valence-electron chi connectivity index (χ2n) is 8.42. The van der Waals surface area contributed by atoms with E-state index in [0.29, 0.717) is 32.1 Å². The smallest absolute Gasteiger partial charge is 0.276 e. The molecule has 1 saturated heterocycles. The van der Waals surface area contributed by atoms with Gasteiger partial charge in [-0.3, -0.25) is 19.3 Å². The first-order valence-electron chi connectivity index (χ1n) is 11.8. The second-order valence-corrected chi connectivity index (χ2v) is 8.42. The molecule has 1 fully saturated rings. The molecule has 11 heteroatoms. The highest BCUT2D eigenvalue weighted by Crippen LogP contribution is 2.16. The number of ether oxygens (including phenoxy) is 2. The Hall–Kier alpha value is -4.09. The SMILES string of the molecule is COc1ccc(Cn2nc(C(=O)Nc3ccc(F)c(C(=O)NCCN4CCOCC4)c3)ccc2=O)cc1. The van der Waals surface area contributed by atoms with Gasteiger partial charge < -0.3 is 20.1 Å². The summed E-state index contributed by atoms with van der Waals surface area (Å²) in [5, 5.41) is 9.48. The highest BCUT2D eigenvalue weighted by Gasteiger charge is 2.16. The minimum absolute atomic E-state index is 0.00560. The molecule has 0 atom stereocenters. The third kappa shape index (κ3) is 6.99. The van der Waals surface area contributed by atoms with Crippen LogP contribution in [-0.4, -0.2) is 73.0 Å². The first-order chi connectivity index (χ1) is 17.9. The van der Waals surface area contributed by atoms with Crippen LogP contribution in [0.4, 0.5) is 10.1 Å². The molecular weight excluding hydrogens is 481 g/mol. The maximum absolute atomic E-state index is 14.4. The van der Waals surface area contributed by atoms with Gasteiger partial charge in [-0.1, -0.05) is 12.1 Å². The molecule has 3 aromatic rings. The number of halogens is 1. The van der Waals surface area contributed by atoms with E-state index in [1.165, 1.54) is 28.9 Å². The molecule has 0 aliphatic carbocycles. The number of aromatic nitrogens is 2. The standard InChI is InChI=1S/C26H28FN5O5/c1-36-20-5-2-18(3-6-20)17-32-24(33)9-8-23(30-32)26(35)29-19-4-7-22(27)21(16-19)25(34)28-10-11-31-12-14-37-15-13-31/h2-9,16H,10-15,17H2,1H3,(H,28,34)(H,29,35). The van der Waals surface area contributed by atoms with Crippen molar-refractivity contribution in [3.05, 3.63) is 87.6 Å². The van der Waals surface area contributed by atoms with E-state index < -0.39 is 17.6 Å². The average molecular weight is 510 g/mol. The maximum Gasteiger partial charge on any atom is 0.276 e. The number of amides is 2. The molecule has 1 aliphatic heterocycles. The molecule has 1 aromatic heterocycles. The van der Waals surface area contributed by atoms with Crippen LogP contribution < -0.4 is 20.9 Å². The van der Waals surface area contributed by atoms with Crippen molar-refractivity contribution in [2.75, 3.05) is 51.8 Å². The Balaban J connectivity index is 1.40. The largest absolute Gasteiger partial charge is 0.497 e. The molecule has 0 saturated carbocycles. The van der Waals surface area contributed by atoms with Gasteiger partial charge in [0.2, 0.25) is 0 Å². The topological polar surface area (TPSA) is 115 Å². The number of nitrogens with zero attached hydrogens (tertiary/aromatic N) is 3. The molecule has 0 unspecified atom stereocenters. The highest BCUT2D eigenvalue weighted by molar-refractivity contribution is 6.03. The Bertz CT molecular complexity index is 1310. The number of carbonyl (C=O) groups excluding carboxylic acids is 2. The van der Waals surface area contributed by atoms with E-state index in [0.717, 1.165) is 24.7 Å². The van der Waals surface area contributed by atoms with Crippen molar-refractivity contribution >= 4 is 17.5 Å². The molecule has 2 heterocycles. The van der Waals surface area contributed by atoms with Gasteiger partial charge in [0.1, 0.15) is 17.3 Å². The molecule has 194 valence electrons. The van der Waals surface area contributed by atoms with Gasteiger partial charge in [0.25, 0.3) is 17.4 Å². The Morgan fingerprint density at radius 1 is 1.05 bits per heavy atom. The van der Waals surface area contributed by atoms with Crippen LogP contribution in [-0.2, 0) is 11.3 Å². The number of morpholine rings is 1. The number of anilines is 1. The van der Waals surface area contributed by atoms with Crippen molar-refractivity contribution in [3.8, 4) is 5.75 Å². The first-order valence-corrected chi connectivity index (χ1v) is 11.8. The number of hydrogen-bond acceptors (Lipinski definition) is 7. The summed E-state index contributed by atoms with van der Waals surface area (Å²) in [5.74, 6) is -1.20. The van der Waals surface area contributed by atoms with E-state index in [4.69, 9.17) is 9.47 Å². The summed E-state index contributed by atoms with van der Waals surface area (Å²) < 4.78 is 26.0. The van der Waals surface area contributed by atoms with Crippen molar-refractivity contribution in [2.24, 2.45) is 0 Å². The zero-order valence-corrected chi connectivity index (χ0v) is 20.4. The van der Waals surface area contributed by atoms with Crippen LogP contribution in [0.2, 0.25) is 0 Å². The van der Waals surface area contributed by atoms with Crippen LogP contribution in [0, 0.1) is 5.82 Å². The molecule has 4 rings (SSSR count). The van der Waals surface area contributed by atoms with Crippen LogP contribution in [0.5, 0.6) is 5.75 Å². The molecule has 0 radical (unpaired) electrons. The minimum Gasteiger partial charge on any atom is -0.497 e. The van der Waals surface area contributed by atoms with Gasteiger partial charge in [-0.2, -0.15) is 5.10 Å². The lowest BCUT2D eigenvalue weighted by Crippen LogP contribution is -2.41. The quantitative estimate of drug-likeness (QED) is 0.452. The molecule has 2 amide bonds. The zero-order valence-electron chi connectivity index (χ0n) is 20.4. The Morgan fingerprint density at radius 3 is 2.54 bits per heavy atom. The van der Waals surface area contributed by atoms with E-state index in [1.54, 1.807) is 31.4 Å². The number of hydrogen-bond donors (Lipinski definition) is 2. The van der Waals surface area contributed by atoms with Gasteiger partial charge >= 0.3 is 0 Å². The molecule has 1 aliphatic rings. The van der Waals surface area contributed by atoms with E-state index >= 15 is 0 Å². The number of nitrogens with one attached hydrogen (secondary N) is 2. The van der Waals surface area contributed by atoms with Crippen molar-refractivity contribution in [1.82, 2.24) is 20.0 Å². The third-order valence-electron chi connectivity index (χ3n) is 5.88. The summed E-state index contributed by atoms with van der Waals surface area (Å²) in [6, 6.07) is 13.4. The fraction of sp³-hybridized carbons (Fsp3) is 0.308. The number of benzene rings is 2. The van der Waals surface area contributed by atoms with Crippen LogP contribution in [0.15, 0.2) is 59.4 Å². The van der Waals surface area contributed by atoms with Gasteiger partial charge in [0.15, 0.2) is 0 Å². The van der Waals surface area contributed by atoms with Crippen molar-refractivity contribution in [3.63, 3.8) is 0 Å². The van der Waals surface area contributed by atoms with Crippen molar-refractivity contribution in [1.29, 1.82) is 0 Å². The predicted molar refractivity (Wildman–Crippen MR) is 135 cm³/mol. The summed E-state index contributed by atoms with van der Waals surface area (Å²) >= 11 is 0. The number of rotatable bonds is 9. The summed E-state index contributed by atoms with van der Waals surface area (Å²) in [4.78, 5) is 39.8. The predicted octanol–water partition coefficient (Wildman–Crippen LogP) is 1.75. The lowest BCUT2D eigenvalue weighted by molar-refractivity contribution is 0.0383. The lowest BCUT2D eigenvalue weighted by atomic mass is 10.1. The van der Waals surface area contributed by atoms with E-state index in [1.807, 2.05) is 0 Å². The molecule has 2 N–H and O–H groups in total. The van der Waals surface area contributed by atoms with E-state index in [9.17, 15) is 18.8 Å². The van der Waals surface area contributed by atoms with E-state index in [2.05, 4.69) is 20.6 Å². The highest BCUT2D eigenvalue weighted by atomic mass is 19.1. The van der Waals surface area contributed by atoms with Crippen molar-refractivity contribution in [2.45, 2.75) is 6.54 Å². The Kier molecular flexibility index (Phi) is 8.60. The third-order valence-corrected chi connectivity index (χ3v) is 5.88. The van der Waals surface area contributed by atoms with Gasteiger partial charge in [-0.25, -0.2) is 9.07 Å². The fourth-order valence-corrected chi connectivity index (χ4v) is 3.81. The number of methoxy groups -OCH3 is 1. The maximum atomic E-state index is 14.4. The molecule has 0 bridgehead atoms. The lowest BCUT2D eigenvalue weighted by Gasteiger charge is -2.26. The van der Waals surface area contributed by atoms with Crippen LogP contribution in [0.3, 0.4) is 0 Å². The zero-order chi connectivity index (χ0) is 26.2. The second kappa shape index (κ2) is 12.2. The summed E-state index contributed by atoms with van der Waals surface area (Å²) in [5.41, 5.74) is 0.464. The van der Waals surface area contributed by atoms with Gasteiger partial charge in [-0.05, 0) is 42.0 Å².